The van der Waals surface area contributed by atoms with E-state index in [0.717, 1.165) is 40.7 Å². The van der Waals surface area contributed by atoms with Gasteiger partial charge in [-0.2, -0.15) is 0 Å². The largest absolute Gasteiger partial charge is 0.313 e. The molecule has 26 heavy (non-hydrogen) atoms. The number of hydrogen-bond donors (Lipinski definition) is 0. The highest BCUT2D eigenvalue weighted by Gasteiger charge is 2.25. The fourth-order valence-electron chi connectivity index (χ4n) is 3.34. The summed E-state index contributed by atoms with van der Waals surface area (Å²) in [5, 5.41) is 0.667. The average Bonchev–Trinajstić information content (AvgIpc) is 3.00. The molecule has 0 saturated carbocycles. The van der Waals surface area contributed by atoms with Crippen LogP contribution in [-0.4, -0.2) is 10.3 Å². The number of hydrogen-bond acceptors (Lipinski definition) is 1. The Bertz CT molecular complexity index is 1010. The molecule has 2 heterocycles. The second kappa shape index (κ2) is 6.06. The minimum Gasteiger partial charge on any atom is -0.313 e. The van der Waals surface area contributed by atoms with Crippen molar-refractivity contribution >= 4 is 17.3 Å². The van der Waals surface area contributed by atoms with Crippen molar-refractivity contribution in [2.45, 2.75) is 26.3 Å². The van der Waals surface area contributed by atoms with Crippen LogP contribution in [0.5, 0.6) is 0 Å². The Hall–Kier alpha value is -2.46. The Morgan fingerprint density at radius 1 is 1.08 bits per heavy atom. The van der Waals surface area contributed by atoms with Gasteiger partial charge in [0.25, 0.3) is 5.92 Å². The van der Waals surface area contributed by atoms with Crippen LogP contribution in [0.3, 0.4) is 0 Å². The number of aliphatic imine (C=N–C) groups is 1. The lowest BCUT2D eigenvalue weighted by Crippen LogP contribution is -2.10. The Labute approximate surface area is 155 Å². The van der Waals surface area contributed by atoms with Gasteiger partial charge in [0.2, 0.25) is 0 Å². The van der Waals surface area contributed by atoms with E-state index in [2.05, 4.69) is 0 Å². The van der Waals surface area contributed by atoms with Crippen molar-refractivity contribution in [3.05, 3.63) is 87.7 Å². The van der Waals surface area contributed by atoms with Gasteiger partial charge in [0.1, 0.15) is 0 Å². The molecule has 0 bridgehead atoms. The summed E-state index contributed by atoms with van der Waals surface area (Å²) in [4.78, 5) is 4.79. The standard InChI is InChI=1S/C21H17ClF2N2/c1-13-5-10-17(22)20-16(13)12-25-19(18-4-3-11-26(18)20)14-6-8-15(9-7-14)21(2,23)24/h3-11H,12H2,1-2H3. The maximum absolute atomic E-state index is 13.5. The first-order valence-electron chi connectivity index (χ1n) is 8.35. The van der Waals surface area contributed by atoms with Gasteiger partial charge in [-0.15, -0.1) is 0 Å². The van der Waals surface area contributed by atoms with Gasteiger partial charge in [-0.05, 0) is 30.7 Å². The van der Waals surface area contributed by atoms with Crippen molar-refractivity contribution < 1.29 is 8.78 Å². The third-order valence-corrected chi connectivity index (χ3v) is 5.07. The summed E-state index contributed by atoms with van der Waals surface area (Å²) >= 11 is 6.48. The number of alkyl halides is 2. The van der Waals surface area contributed by atoms with Crippen molar-refractivity contribution in [1.29, 1.82) is 0 Å². The first-order valence-corrected chi connectivity index (χ1v) is 8.73. The lowest BCUT2D eigenvalue weighted by molar-refractivity contribution is 0.0175. The van der Waals surface area contributed by atoms with Crippen LogP contribution in [0.25, 0.3) is 5.69 Å². The number of halogens is 3. The first-order chi connectivity index (χ1) is 12.4. The molecular formula is C21H17ClF2N2. The summed E-state index contributed by atoms with van der Waals surface area (Å²) in [5.41, 5.74) is 5.59. The molecule has 1 aliphatic rings. The molecule has 0 N–H and O–H groups in total. The fraction of sp³-hybridized carbons (Fsp3) is 0.190. The number of aromatic nitrogens is 1. The molecule has 5 heteroatoms. The Morgan fingerprint density at radius 3 is 2.50 bits per heavy atom. The van der Waals surface area contributed by atoms with E-state index >= 15 is 0 Å². The topological polar surface area (TPSA) is 17.3 Å². The van der Waals surface area contributed by atoms with Gasteiger partial charge >= 0.3 is 0 Å². The molecule has 0 atom stereocenters. The SMILES string of the molecule is Cc1ccc(Cl)c2c1CN=C(c1ccc(C(C)(F)F)cc1)c1cccn1-2. The molecule has 0 saturated heterocycles. The molecule has 1 aromatic heterocycles. The van der Waals surface area contributed by atoms with Crippen LogP contribution in [0.2, 0.25) is 5.02 Å². The molecule has 4 rings (SSSR count). The van der Waals surface area contributed by atoms with Gasteiger partial charge in [0.15, 0.2) is 0 Å². The number of aryl methyl sites for hydroxylation is 1. The summed E-state index contributed by atoms with van der Waals surface area (Å²) in [5.74, 6) is -2.86. The zero-order valence-electron chi connectivity index (χ0n) is 14.4. The molecule has 2 aromatic carbocycles. The summed E-state index contributed by atoms with van der Waals surface area (Å²) < 4.78 is 29.0. The predicted molar refractivity (Wildman–Crippen MR) is 101 cm³/mol. The second-order valence-corrected chi connectivity index (χ2v) is 6.99. The van der Waals surface area contributed by atoms with Crippen molar-refractivity contribution in [2.75, 3.05) is 0 Å². The van der Waals surface area contributed by atoms with Gasteiger partial charge in [-0.1, -0.05) is 41.9 Å². The Morgan fingerprint density at radius 2 is 1.81 bits per heavy atom. The molecular weight excluding hydrogens is 354 g/mol. The maximum Gasteiger partial charge on any atom is 0.270 e. The van der Waals surface area contributed by atoms with E-state index in [-0.39, 0.29) is 5.56 Å². The second-order valence-electron chi connectivity index (χ2n) is 6.59. The van der Waals surface area contributed by atoms with Crippen molar-refractivity contribution in [1.82, 2.24) is 4.57 Å². The number of fused-ring (bicyclic) bond motifs is 3. The highest BCUT2D eigenvalue weighted by molar-refractivity contribution is 6.32. The van der Waals surface area contributed by atoms with E-state index in [4.69, 9.17) is 16.6 Å². The van der Waals surface area contributed by atoms with Crippen molar-refractivity contribution in [3.63, 3.8) is 0 Å². The Balaban J connectivity index is 1.86. The van der Waals surface area contributed by atoms with Gasteiger partial charge < -0.3 is 4.57 Å². The van der Waals surface area contributed by atoms with Crippen molar-refractivity contribution in [2.24, 2.45) is 4.99 Å². The average molecular weight is 371 g/mol. The molecule has 2 nitrogen and oxygen atoms in total. The minimum absolute atomic E-state index is 0.00645. The highest BCUT2D eigenvalue weighted by Crippen LogP contribution is 2.33. The first kappa shape index (κ1) is 17.0. The molecule has 0 aliphatic carbocycles. The summed E-state index contributed by atoms with van der Waals surface area (Å²) in [6.07, 6.45) is 1.95. The molecule has 1 aliphatic heterocycles. The van der Waals surface area contributed by atoms with Gasteiger partial charge in [0.05, 0.1) is 28.7 Å². The van der Waals surface area contributed by atoms with E-state index in [1.165, 1.54) is 12.1 Å². The van der Waals surface area contributed by atoms with Crippen LogP contribution in [-0.2, 0) is 12.5 Å². The molecule has 0 spiro atoms. The lowest BCUT2D eigenvalue weighted by Gasteiger charge is -2.15. The van der Waals surface area contributed by atoms with E-state index < -0.39 is 5.92 Å². The van der Waals surface area contributed by atoms with E-state index in [1.54, 1.807) is 12.1 Å². The lowest BCUT2D eigenvalue weighted by atomic mass is 10.0. The van der Waals surface area contributed by atoms with Gasteiger partial charge in [-0.25, -0.2) is 8.78 Å². The van der Waals surface area contributed by atoms with E-state index in [9.17, 15) is 8.78 Å². The quantitative estimate of drug-likeness (QED) is 0.534. The number of nitrogens with zero attached hydrogens (tertiary/aromatic N) is 2. The third kappa shape index (κ3) is 2.74. The fourth-order valence-corrected chi connectivity index (χ4v) is 3.60. The van der Waals surface area contributed by atoms with Crippen LogP contribution in [0, 0.1) is 6.92 Å². The zero-order valence-corrected chi connectivity index (χ0v) is 15.2. The molecule has 0 amide bonds. The van der Waals surface area contributed by atoms with Gasteiger partial charge in [-0.3, -0.25) is 4.99 Å². The van der Waals surface area contributed by atoms with Crippen LogP contribution in [0.15, 0.2) is 59.7 Å². The Kier molecular flexibility index (Phi) is 3.96. The summed E-state index contributed by atoms with van der Waals surface area (Å²) in [6.45, 7) is 3.43. The summed E-state index contributed by atoms with van der Waals surface area (Å²) in [6, 6.07) is 14.1. The number of rotatable bonds is 2. The molecule has 0 fully saturated rings. The van der Waals surface area contributed by atoms with E-state index in [1.807, 2.05) is 42.0 Å². The maximum atomic E-state index is 13.5. The molecule has 0 unspecified atom stereocenters. The van der Waals surface area contributed by atoms with Crippen molar-refractivity contribution in [3.8, 4) is 5.69 Å². The summed E-state index contributed by atoms with van der Waals surface area (Å²) in [7, 11) is 0. The van der Waals surface area contributed by atoms with Gasteiger partial charge in [0, 0.05) is 29.8 Å². The van der Waals surface area contributed by atoms with Crippen LogP contribution in [0.1, 0.15) is 34.9 Å². The van der Waals surface area contributed by atoms with Crippen LogP contribution in [0.4, 0.5) is 8.78 Å². The minimum atomic E-state index is -2.86. The molecule has 132 valence electrons. The normalized spacial score (nSPS) is 13.7. The third-order valence-electron chi connectivity index (χ3n) is 4.76. The number of benzene rings is 2. The van der Waals surface area contributed by atoms with E-state index in [0.29, 0.717) is 11.6 Å². The highest BCUT2D eigenvalue weighted by atomic mass is 35.5. The smallest absolute Gasteiger partial charge is 0.270 e. The molecule has 0 radical (unpaired) electrons. The molecule has 3 aromatic rings. The van der Waals surface area contributed by atoms with Crippen LogP contribution >= 0.6 is 11.6 Å². The zero-order chi connectivity index (χ0) is 18.5. The van der Waals surface area contributed by atoms with Crippen LogP contribution < -0.4 is 0 Å². The monoisotopic (exact) mass is 370 g/mol. The predicted octanol–water partition coefficient (Wildman–Crippen LogP) is 5.90.